The van der Waals surface area contributed by atoms with E-state index in [1.807, 2.05) is 57.2 Å². The summed E-state index contributed by atoms with van der Waals surface area (Å²) in [5.41, 5.74) is 1.12. The number of ketones is 1. The molecular weight excluding hydrogens is 272 g/mol. The standard InChI is InChI=1S/C16H18O3S/c1-10-4-6-13(7-5-10)20(18)16-9-8-14(19-16)11(2)15(17)12(16)3/h4-9,11-12,14H,1-3H3/t11-,12-,14+,16-,20-/m0/s1. The lowest BCUT2D eigenvalue weighted by Gasteiger charge is -2.39. The molecule has 2 aliphatic rings. The van der Waals surface area contributed by atoms with Gasteiger partial charge < -0.3 is 4.74 Å². The highest BCUT2D eigenvalue weighted by Gasteiger charge is 2.56. The molecule has 20 heavy (non-hydrogen) atoms. The summed E-state index contributed by atoms with van der Waals surface area (Å²) in [5, 5.41) is 0. The maximum Gasteiger partial charge on any atom is 0.176 e. The van der Waals surface area contributed by atoms with Crippen molar-refractivity contribution in [1.29, 1.82) is 0 Å². The van der Waals surface area contributed by atoms with Crippen molar-refractivity contribution in [3.63, 3.8) is 0 Å². The molecule has 0 aliphatic carbocycles. The van der Waals surface area contributed by atoms with Gasteiger partial charge in [0.2, 0.25) is 0 Å². The Labute approximate surface area is 121 Å². The summed E-state index contributed by atoms with van der Waals surface area (Å²) in [6, 6.07) is 7.55. The predicted octanol–water partition coefficient (Wildman–Crippen LogP) is 2.61. The Kier molecular flexibility index (Phi) is 3.18. The number of hydrogen-bond acceptors (Lipinski definition) is 3. The molecule has 5 atom stereocenters. The van der Waals surface area contributed by atoms with E-state index in [0.29, 0.717) is 4.90 Å². The fourth-order valence-corrected chi connectivity index (χ4v) is 4.49. The van der Waals surface area contributed by atoms with E-state index in [1.165, 1.54) is 0 Å². The summed E-state index contributed by atoms with van der Waals surface area (Å²) in [6.07, 6.45) is 3.48. The normalized spacial score (nSPS) is 37.1. The van der Waals surface area contributed by atoms with Crippen LogP contribution in [0.5, 0.6) is 0 Å². The lowest BCUT2D eigenvalue weighted by molar-refractivity contribution is -0.146. The molecule has 0 aromatic heterocycles. The van der Waals surface area contributed by atoms with Gasteiger partial charge in [0.1, 0.15) is 5.78 Å². The van der Waals surface area contributed by atoms with Crippen molar-refractivity contribution in [1.82, 2.24) is 0 Å². The molecule has 4 heteroatoms. The van der Waals surface area contributed by atoms with Crippen molar-refractivity contribution in [3.8, 4) is 0 Å². The highest BCUT2D eigenvalue weighted by atomic mass is 32.2. The average molecular weight is 290 g/mol. The van der Waals surface area contributed by atoms with Crippen molar-refractivity contribution in [3.05, 3.63) is 42.0 Å². The Morgan fingerprint density at radius 3 is 2.50 bits per heavy atom. The number of rotatable bonds is 2. The van der Waals surface area contributed by atoms with Crippen molar-refractivity contribution in [2.45, 2.75) is 36.7 Å². The van der Waals surface area contributed by atoms with Crippen molar-refractivity contribution >= 4 is 16.6 Å². The van der Waals surface area contributed by atoms with Crippen LogP contribution in [0.1, 0.15) is 19.4 Å². The van der Waals surface area contributed by atoms with Crippen molar-refractivity contribution in [2.24, 2.45) is 11.8 Å². The van der Waals surface area contributed by atoms with E-state index >= 15 is 0 Å². The topological polar surface area (TPSA) is 43.4 Å². The Morgan fingerprint density at radius 1 is 1.20 bits per heavy atom. The second-order valence-corrected chi connectivity index (χ2v) is 7.30. The first kappa shape index (κ1) is 13.7. The Balaban J connectivity index is 2.00. The number of hydrogen-bond donors (Lipinski definition) is 0. The van der Waals surface area contributed by atoms with Gasteiger partial charge in [-0.1, -0.05) is 37.6 Å². The van der Waals surface area contributed by atoms with Gasteiger partial charge in [-0.15, -0.1) is 0 Å². The molecule has 2 heterocycles. The molecule has 3 rings (SSSR count). The minimum atomic E-state index is -1.39. The molecule has 1 saturated heterocycles. The Morgan fingerprint density at radius 2 is 1.85 bits per heavy atom. The third-order valence-electron chi connectivity index (χ3n) is 4.34. The summed E-state index contributed by atoms with van der Waals surface area (Å²) >= 11 is 0. The maximum absolute atomic E-state index is 12.9. The second kappa shape index (κ2) is 4.64. The van der Waals surface area contributed by atoms with Gasteiger partial charge in [0, 0.05) is 10.8 Å². The largest absolute Gasteiger partial charge is 0.349 e. The summed E-state index contributed by atoms with van der Waals surface area (Å²) in [7, 11) is -1.39. The molecule has 1 aromatic rings. The minimum Gasteiger partial charge on any atom is -0.349 e. The molecule has 0 spiro atoms. The molecule has 0 saturated carbocycles. The number of carbonyl (C=O) groups is 1. The van der Waals surface area contributed by atoms with E-state index in [-0.39, 0.29) is 17.8 Å². The first-order chi connectivity index (χ1) is 9.45. The molecule has 2 aliphatic heterocycles. The van der Waals surface area contributed by atoms with Crippen LogP contribution in [0.15, 0.2) is 41.3 Å². The summed E-state index contributed by atoms with van der Waals surface area (Å²) in [6.45, 7) is 5.68. The van der Waals surface area contributed by atoms with Crippen molar-refractivity contribution < 1.29 is 13.7 Å². The molecule has 106 valence electrons. The summed E-state index contributed by atoms with van der Waals surface area (Å²) in [5.74, 6) is -0.423. The van der Waals surface area contributed by atoms with Gasteiger partial charge >= 0.3 is 0 Å². The zero-order valence-electron chi connectivity index (χ0n) is 11.8. The Hall–Kier alpha value is -1.26. The maximum atomic E-state index is 12.9. The lowest BCUT2D eigenvalue weighted by atomic mass is 9.87. The van der Waals surface area contributed by atoms with Gasteiger partial charge in [0.15, 0.2) is 4.93 Å². The molecule has 0 radical (unpaired) electrons. The monoisotopic (exact) mass is 290 g/mol. The van der Waals surface area contributed by atoms with Crippen LogP contribution < -0.4 is 0 Å². The quantitative estimate of drug-likeness (QED) is 0.786. The number of aryl methyl sites for hydroxylation is 1. The number of benzene rings is 1. The summed E-state index contributed by atoms with van der Waals surface area (Å²) < 4.78 is 18.9. The predicted molar refractivity (Wildman–Crippen MR) is 77.7 cm³/mol. The van der Waals surface area contributed by atoms with E-state index in [2.05, 4.69) is 0 Å². The fraction of sp³-hybridized carbons (Fsp3) is 0.438. The Bertz CT molecular complexity index is 605. The lowest BCUT2D eigenvalue weighted by Crippen LogP contribution is -2.52. The third-order valence-corrected chi connectivity index (χ3v) is 6.20. The first-order valence-electron chi connectivity index (χ1n) is 6.85. The third kappa shape index (κ3) is 1.82. The van der Waals surface area contributed by atoms with E-state index in [1.54, 1.807) is 0 Å². The molecule has 0 unspecified atom stereocenters. The molecule has 0 amide bonds. The van der Waals surface area contributed by atoms with Crippen LogP contribution in [0.4, 0.5) is 0 Å². The van der Waals surface area contributed by atoms with Crippen molar-refractivity contribution in [2.75, 3.05) is 0 Å². The van der Waals surface area contributed by atoms with Gasteiger partial charge in [-0.2, -0.15) is 0 Å². The highest BCUT2D eigenvalue weighted by Crippen LogP contribution is 2.45. The van der Waals surface area contributed by atoms with E-state index in [4.69, 9.17) is 4.74 Å². The first-order valence-corrected chi connectivity index (χ1v) is 8.00. The van der Waals surface area contributed by atoms with Gasteiger partial charge in [-0.05, 0) is 25.1 Å². The number of fused-ring (bicyclic) bond motifs is 2. The van der Waals surface area contributed by atoms with Crippen LogP contribution in [-0.2, 0) is 20.3 Å². The van der Waals surface area contributed by atoms with Gasteiger partial charge in [0.05, 0.1) is 22.8 Å². The number of ether oxygens (including phenoxy) is 1. The van der Waals surface area contributed by atoms with Crippen LogP contribution in [0, 0.1) is 18.8 Å². The second-order valence-electron chi connectivity index (χ2n) is 5.66. The van der Waals surface area contributed by atoms with Crippen LogP contribution in [0.3, 0.4) is 0 Å². The number of carbonyl (C=O) groups excluding carboxylic acids is 1. The van der Waals surface area contributed by atoms with Gasteiger partial charge in [0.25, 0.3) is 0 Å². The number of Topliss-reactive ketones (excluding diaryl/α,β-unsaturated/α-hetero) is 1. The fourth-order valence-electron chi connectivity index (χ4n) is 2.90. The van der Waals surface area contributed by atoms with Gasteiger partial charge in [-0.25, -0.2) is 0 Å². The van der Waals surface area contributed by atoms with Crippen LogP contribution in [0.2, 0.25) is 0 Å². The van der Waals surface area contributed by atoms with E-state index in [0.717, 1.165) is 5.56 Å². The van der Waals surface area contributed by atoms with E-state index in [9.17, 15) is 9.00 Å². The molecular formula is C16H18O3S. The molecule has 0 N–H and O–H groups in total. The smallest absolute Gasteiger partial charge is 0.176 e. The molecule has 3 nitrogen and oxygen atoms in total. The average Bonchev–Trinajstić information content (AvgIpc) is 2.87. The minimum absolute atomic E-state index is 0.131. The van der Waals surface area contributed by atoms with Crippen LogP contribution in [-0.4, -0.2) is 21.0 Å². The molecule has 1 fully saturated rings. The zero-order chi connectivity index (χ0) is 14.5. The SMILES string of the molecule is Cc1ccc([S@](=O)[C@]23C=C[C@@H](O2)[C@H](C)C(=O)[C@@H]3C)cc1. The van der Waals surface area contributed by atoms with Crippen LogP contribution >= 0.6 is 0 Å². The zero-order valence-corrected chi connectivity index (χ0v) is 12.6. The molecule has 2 bridgehead atoms. The van der Waals surface area contributed by atoms with Crippen LogP contribution in [0.25, 0.3) is 0 Å². The van der Waals surface area contributed by atoms with Gasteiger partial charge in [-0.3, -0.25) is 9.00 Å². The summed E-state index contributed by atoms with van der Waals surface area (Å²) in [4.78, 5) is 12.0. The highest BCUT2D eigenvalue weighted by molar-refractivity contribution is 7.86. The van der Waals surface area contributed by atoms with E-state index < -0.39 is 21.7 Å². The molecule has 1 aromatic carbocycles.